The molecule has 2 rings (SSSR count). The molecule has 0 amide bonds. The molecule has 0 saturated heterocycles. The smallest absolute Gasteiger partial charge is 0.343 e. The van der Waals surface area contributed by atoms with E-state index in [0.29, 0.717) is 17.9 Å². The molecule has 0 saturated carbocycles. The summed E-state index contributed by atoms with van der Waals surface area (Å²) in [4.78, 5) is 12.0. The van der Waals surface area contributed by atoms with Crippen LogP contribution in [0.1, 0.15) is 30.1 Å². The van der Waals surface area contributed by atoms with Gasteiger partial charge < -0.3 is 9.47 Å². The van der Waals surface area contributed by atoms with Gasteiger partial charge >= 0.3 is 5.97 Å². The van der Waals surface area contributed by atoms with Crippen LogP contribution in [-0.4, -0.2) is 12.6 Å². The van der Waals surface area contributed by atoms with Crippen molar-refractivity contribution in [2.45, 2.75) is 19.8 Å². The molecule has 0 aliphatic heterocycles. The van der Waals surface area contributed by atoms with Crippen molar-refractivity contribution in [2.75, 3.05) is 6.61 Å². The molecule has 21 heavy (non-hydrogen) atoms. The normalized spacial score (nSPS) is 10.2. The topological polar surface area (TPSA) is 35.5 Å². The fraction of sp³-hybridized carbons (Fsp3) is 0.235. The van der Waals surface area contributed by atoms with Crippen molar-refractivity contribution in [3.63, 3.8) is 0 Å². The molecule has 0 radical (unpaired) electrons. The van der Waals surface area contributed by atoms with Crippen LogP contribution in [0.2, 0.25) is 0 Å². The lowest BCUT2D eigenvalue weighted by Crippen LogP contribution is -2.08. The largest absolute Gasteiger partial charge is 0.494 e. The first-order valence-electron chi connectivity index (χ1n) is 6.89. The Kier molecular flexibility index (Phi) is 5.81. The van der Waals surface area contributed by atoms with Gasteiger partial charge in [0, 0.05) is 4.47 Å². The molecule has 0 bridgehead atoms. The molecule has 2 aromatic carbocycles. The van der Waals surface area contributed by atoms with Crippen LogP contribution in [0.5, 0.6) is 11.5 Å². The summed E-state index contributed by atoms with van der Waals surface area (Å²) in [5.41, 5.74) is 0.501. The molecule has 0 spiro atoms. The highest BCUT2D eigenvalue weighted by Crippen LogP contribution is 2.18. The van der Waals surface area contributed by atoms with E-state index in [4.69, 9.17) is 9.47 Å². The summed E-state index contributed by atoms with van der Waals surface area (Å²) in [6.45, 7) is 2.81. The van der Waals surface area contributed by atoms with Gasteiger partial charge in [0.05, 0.1) is 12.2 Å². The van der Waals surface area contributed by atoms with E-state index in [9.17, 15) is 4.79 Å². The summed E-state index contributed by atoms with van der Waals surface area (Å²) >= 11 is 3.34. The van der Waals surface area contributed by atoms with Crippen LogP contribution >= 0.6 is 15.9 Å². The van der Waals surface area contributed by atoms with E-state index in [2.05, 4.69) is 22.9 Å². The molecule has 110 valence electrons. The maximum atomic E-state index is 12.0. The van der Waals surface area contributed by atoms with Crippen LogP contribution in [-0.2, 0) is 0 Å². The van der Waals surface area contributed by atoms with Crippen molar-refractivity contribution in [1.29, 1.82) is 0 Å². The van der Waals surface area contributed by atoms with Gasteiger partial charge in [-0.3, -0.25) is 0 Å². The van der Waals surface area contributed by atoms with Gasteiger partial charge in [-0.25, -0.2) is 4.79 Å². The summed E-state index contributed by atoms with van der Waals surface area (Å²) in [5, 5.41) is 0. The predicted octanol–water partition coefficient (Wildman–Crippen LogP) is 4.85. The molecule has 0 atom stereocenters. The molecule has 0 N–H and O–H groups in total. The van der Waals surface area contributed by atoms with E-state index in [-0.39, 0.29) is 5.97 Å². The first-order chi connectivity index (χ1) is 10.2. The lowest BCUT2D eigenvalue weighted by atomic mass is 10.2. The third kappa shape index (κ3) is 4.90. The number of carbonyl (C=O) groups is 1. The maximum Gasteiger partial charge on any atom is 0.343 e. The molecule has 0 aliphatic rings. The van der Waals surface area contributed by atoms with Gasteiger partial charge in [0.1, 0.15) is 11.5 Å². The molecule has 0 fully saturated rings. The SMILES string of the molecule is CCCCOc1ccc(C(=O)Oc2ccc(Br)cc2)cc1. The Morgan fingerprint density at radius 3 is 2.24 bits per heavy atom. The Balaban J connectivity index is 1.94. The zero-order valence-electron chi connectivity index (χ0n) is 11.8. The molecule has 0 unspecified atom stereocenters. The van der Waals surface area contributed by atoms with Gasteiger partial charge in [-0.05, 0) is 55.0 Å². The Bertz CT molecular complexity index is 576. The fourth-order valence-electron chi connectivity index (χ4n) is 1.69. The van der Waals surface area contributed by atoms with Crippen molar-refractivity contribution >= 4 is 21.9 Å². The lowest BCUT2D eigenvalue weighted by Gasteiger charge is -2.07. The standard InChI is InChI=1S/C17H17BrO3/c1-2-3-12-20-15-8-4-13(5-9-15)17(19)21-16-10-6-14(18)7-11-16/h4-11H,2-3,12H2,1H3. The monoisotopic (exact) mass is 348 g/mol. The summed E-state index contributed by atoms with van der Waals surface area (Å²) in [6.07, 6.45) is 2.12. The summed E-state index contributed by atoms with van der Waals surface area (Å²) < 4.78 is 11.8. The number of benzene rings is 2. The first-order valence-corrected chi connectivity index (χ1v) is 7.69. The van der Waals surface area contributed by atoms with Gasteiger partial charge in [-0.2, -0.15) is 0 Å². The van der Waals surface area contributed by atoms with Crippen molar-refractivity contribution in [2.24, 2.45) is 0 Å². The third-order valence-electron chi connectivity index (χ3n) is 2.88. The second kappa shape index (κ2) is 7.84. The van der Waals surface area contributed by atoms with Crippen LogP contribution in [0.15, 0.2) is 53.0 Å². The summed E-state index contributed by atoms with van der Waals surface area (Å²) in [5.74, 6) is 0.910. The average Bonchev–Trinajstić information content (AvgIpc) is 2.50. The molecule has 4 heteroatoms. The van der Waals surface area contributed by atoms with Gasteiger partial charge in [0.25, 0.3) is 0 Å². The van der Waals surface area contributed by atoms with E-state index in [1.165, 1.54) is 0 Å². The second-order valence-corrected chi connectivity index (χ2v) is 5.49. The number of rotatable bonds is 6. The fourth-order valence-corrected chi connectivity index (χ4v) is 1.95. The molecule has 0 aromatic heterocycles. The van der Waals surface area contributed by atoms with Crippen molar-refractivity contribution in [3.05, 3.63) is 58.6 Å². The van der Waals surface area contributed by atoms with Crippen molar-refractivity contribution < 1.29 is 14.3 Å². The number of esters is 1. The minimum absolute atomic E-state index is 0.377. The zero-order valence-corrected chi connectivity index (χ0v) is 13.4. The van der Waals surface area contributed by atoms with Crippen molar-refractivity contribution in [1.82, 2.24) is 0 Å². The third-order valence-corrected chi connectivity index (χ3v) is 3.41. The van der Waals surface area contributed by atoms with E-state index >= 15 is 0 Å². The zero-order chi connectivity index (χ0) is 15.1. The highest BCUT2D eigenvalue weighted by Gasteiger charge is 2.08. The molecule has 2 aromatic rings. The van der Waals surface area contributed by atoms with Gasteiger partial charge in [-0.15, -0.1) is 0 Å². The number of ether oxygens (including phenoxy) is 2. The number of halogens is 1. The Morgan fingerprint density at radius 2 is 1.62 bits per heavy atom. The van der Waals surface area contributed by atoms with E-state index in [0.717, 1.165) is 23.1 Å². The van der Waals surface area contributed by atoms with E-state index in [1.807, 2.05) is 12.1 Å². The highest BCUT2D eigenvalue weighted by molar-refractivity contribution is 9.10. The van der Waals surface area contributed by atoms with Gasteiger partial charge in [0.2, 0.25) is 0 Å². The van der Waals surface area contributed by atoms with E-state index in [1.54, 1.807) is 36.4 Å². The quantitative estimate of drug-likeness (QED) is 0.425. The van der Waals surface area contributed by atoms with Crippen LogP contribution in [0.4, 0.5) is 0 Å². The van der Waals surface area contributed by atoms with Crippen LogP contribution < -0.4 is 9.47 Å². The Morgan fingerprint density at radius 1 is 1.00 bits per heavy atom. The minimum Gasteiger partial charge on any atom is -0.494 e. The molecular formula is C17H17BrO3. The van der Waals surface area contributed by atoms with Gasteiger partial charge in [-0.1, -0.05) is 29.3 Å². The number of unbranched alkanes of at least 4 members (excludes halogenated alkanes) is 1. The number of hydrogen-bond donors (Lipinski definition) is 0. The number of carbonyl (C=O) groups excluding carboxylic acids is 1. The lowest BCUT2D eigenvalue weighted by molar-refractivity contribution is 0.0734. The maximum absolute atomic E-state index is 12.0. The molecular weight excluding hydrogens is 332 g/mol. The molecule has 0 heterocycles. The van der Waals surface area contributed by atoms with Crippen LogP contribution in [0.25, 0.3) is 0 Å². The summed E-state index contributed by atoms with van der Waals surface area (Å²) in [7, 11) is 0. The van der Waals surface area contributed by atoms with Crippen LogP contribution in [0, 0.1) is 0 Å². The minimum atomic E-state index is -0.377. The Labute approximate surface area is 133 Å². The van der Waals surface area contributed by atoms with Crippen molar-refractivity contribution in [3.8, 4) is 11.5 Å². The molecule has 0 aliphatic carbocycles. The van der Waals surface area contributed by atoms with Gasteiger partial charge in [0.15, 0.2) is 0 Å². The van der Waals surface area contributed by atoms with Crippen LogP contribution in [0.3, 0.4) is 0 Å². The highest BCUT2D eigenvalue weighted by atomic mass is 79.9. The molecule has 3 nitrogen and oxygen atoms in total. The average molecular weight is 349 g/mol. The summed E-state index contributed by atoms with van der Waals surface area (Å²) in [6, 6.07) is 14.1. The first kappa shape index (κ1) is 15.6. The predicted molar refractivity (Wildman–Crippen MR) is 85.9 cm³/mol. The van der Waals surface area contributed by atoms with E-state index < -0.39 is 0 Å². The second-order valence-electron chi connectivity index (χ2n) is 4.57. The number of hydrogen-bond acceptors (Lipinski definition) is 3. The Hall–Kier alpha value is -1.81.